The molecule has 0 spiro atoms. The molecule has 1 saturated heterocycles. The van der Waals surface area contributed by atoms with E-state index in [1.165, 1.54) is 12.1 Å². The Morgan fingerprint density at radius 2 is 2.00 bits per heavy atom. The fourth-order valence-electron chi connectivity index (χ4n) is 2.48. The molecule has 22 heavy (non-hydrogen) atoms. The second kappa shape index (κ2) is 6.93. The second-order valence-corrected chi connectivity index (χ2v) is 8.42. The zero-order valence-corrected chi connectivity index (χ0v) is 13.8. The minimum atomic E-state index is -3.16. The van der Waals surface area contributed by atoms with E-state index in [4.69, 9.17) is 11.6 Å². The summed E-state index contributed by atoms with van der Waals surface area (Å²) in [6.07, 6.45) is 0. The Labute approximate surface area is 134 Å². The second-order valence-electron chi connectivity index (χ2n) is 5.70. The van der Waals surface area contributed by atoms with Crippen molar-refractivity contribution in [2.45, 2.75) is 18.0 Å². The topological polar surface area (TPSA) is 67.7 Å². The van der Waals surface area contributed by atoms with Crippen LogP contribution in [0.1, 0.15) is 5.56 Å². The molecule has 1 amide bonds. The van der Waals surface area contributed by atoms with Gasteiger partial charge in [-0.3, -0.25) is 4.79 Å². The molecule has 1 heterocycles. The van der Waals surface area contributed by atoms with Crippen LogP contribution < -0.4 is 10.2 Å². The van der Waals surface area contributed by atoms with E-state index >= 15 is 0 Å². The van der Waals surface area contributed by atoms with Crippen LogP contribution in [0, 0.1) is 5.82 Å². The van der Waals surface area contributed by atoms with Gasteiger partial charge in [0.2, 0.25) is 0 Å². The zero-order valence-electron chi connectivity index (χ0n) is 12.2. The third-order valence-electron chi connectivity index (χ3n) is 3.51. The number of benzene rings is 1. The molecule has 0 radical (unpaired) electrons. The maximum atomic E-state index is 12.8. The Morgan fingerprint density at radius 1 is 1.36 bits per heavy atom. The van der Waals surface area contributed by atoms with E-state index in [0.29, 0.717) is 6.54 Å². The van der Waals surface area contributed by atoms with Gasteiger partial charge in [0, 0.05) is 5.56 Å². The molecular formula is C14H19ClFN2O3S+. The molecule has 1 aliphatic heterocycles. The maximum Gasteiger partial charge on any atom is 0.275 e. The molecule has 8 heteroatoms. The smallest absolute Gasteiger partial charge is 0.275 e. The number of sulfone groups is 1. The molecule has 2 rings (SSSR count). The predicted octanol–water partition coefficient (Wildman–Crippen LogP) is -0.639. The molecule has 1 aromatic rings. The van der Waals surface area contributed by atoms with Gasteiger partial charge in [-0.15, -0.1) is 11.6 Å². The molecule has 0 aromatic heterocycles. The lowest BCUT2D eigenvalue weighted by Gasteiger charge is -2.17. The number of amides is 1. The van der Waals surface area contributed by atoms with Gasteiger partial charge in [-0.25, -0.2) is 12.8 Å². The van der Waals surface area contributed by atoms with Gasteiger partial charge < -0.3 is 10.2 Å². The van der Waals surface area contributed by atoms with Crippen molar-refractivity contribution in [3.8, 4) is 0 Å². The lowest BCUT2D eigenvalue weighted by molar-refractivity contribution is -0.885. The minimum absolute atomic E-state index is 0.0994. The molecule has 2 N–H and O–H groups in total. The average molecular weight is 350 g/mol. The largest absolute Gasteiger partial charge is 0.346 e. The van der Waals surface area contributed by atoms with Crippen LogP contribution in [-0.4, -0.2) is 50.8 Å². The lowest BCUT2D eigenvalue weighted by Crippen LogP contribution is -3.09. The van der Waals surface area contributed by atoms with Gasteiger partial charge in [0.05, 0.1) is 30.0 Å². The van der Waals surface area contributed by atoms with Crippen molar-refractivity contribution >= 4 is 27.3 Å². The highest BCUT2D eigenvalue weighted by Gasteiger charge is 2.37. The SMILES string of the molecule is C[NH+](CC(=O)N[C@H]1CS(=O)(=O)C[C@@H]1Cl)Cc1ccc(F)cc1. The van der Waals surface area contributed by atoms with Gasteiger partial charge in [-0.1, -0.05) is 12.1 Å². The van der Waals surface area contributed by atoms with Crippen LogP contribution in [0.3, 0.4) is 0 Å². The molecule has 1 fully saturated rings. The molecule has 0 aliphatic carbocycles. The van der Waals surface area contributed by atoms with Gasteiger partial charge in [0.1, 0.15) is 12.4 Å². The lowest BCUT2D eigenvalue weighted by atomic mass is 10.2. The number of hydrogen-bond donors (Lipinski definition) is 2. The standard InChI is InChI=1S/C14H18ClFN2O3S/c1-18(6-10-2-4-11(16)5-3-10)7-14(19)17-13-9-22(20,21)8-12(13)15/h2-5,12-13H,6-9H2,1H3,(H,17,19)/p+1/t12-,13-/m0/s1. The normalized spacial score (nSPS) is 24.9. The molecule has 5 nitrogen and oxygen atoms in total. The first-order valence-corrected chi connectivity index (χ1v) is 9.20. The van der Waals surface area contributed by atoms with Crippen LogP contribution in [0.25, 0.3) is 0 Å². The number of likely N-dealkylation sites (N-methyl/N-ethyl adjacent to an activating group) is 1. The van der Waals surface area contributed by atoms with Gasteiger partial charge in [-0.2, -0.15) is 0 Å². The van der Waals surface area contributed by atoms with Crippen molar-refractivity contribution < 1.29 is 22.5 Å². The Bertz CT molecular complexity index is 636. The Balaban J connectivity index is 1.83. The summed E-state index contributed by atoms with van der Waals surface area (Å²) in [4.78, 5) is 12.9. The van der Waals surface area contributed by atoms with E-state index in [-0.39, 0.29) is 29.8 Å². The third-order valence-corrected chi connectivity index (χ3v) is 5.89. The number of carbonyl (C=O) groups excluding carboxylic acids is 1. The monoisotopic (exact) mass is 349 g/mol. The van der Waals surface area contributed by atoms with Crippen LogP contribution >= 0.6 is 11.6 Å². The van der Waals surface area contributed by atoms with Crippen LogP contribution in [0.2, 0.25) is 0 Å². The summed E-state index contributed by atoms with van der Waals surface area (Å²) in [6, 6.07) is 5.58. The predicted molar refractivity (Wildman–Crippen MR) is 82.1 cm³/mol. The van der Waals surface area contributed by atoms with Crippen molar-refractivity contribution in [3.63, 3.8) is 0 Å². The highest BCUT2D eigenvalue weighted by molar-refractivity contribution is 7.91. The number of quaternary nitrogens is 1. The Morgan fingerprint density at radius 3 is 2.55 bits per heavy atom. The van der Waals surface area contributed by atoms with Crippen molar-refractivity contribution in [2.75, 3.05) is 25.1 Å². The van der Waals surface area contributed by atoms with Crippen molar-refractivity contribution in [1.29, 1.82) is 0 Å². The van der Waals surface area contributed by atoms with E-state index in [9.17, 15) is 17.6 Å². The molecular weight excluding hydrogens is 331 g/mol. The number of nitrogens with one attached hydrogen (secondary N) is 2. The van der Waals surface area contributed by atoms with E-state index in [1.807, 2.05) is 7.05 Å². The number of halogens is 2. The Hall–Kier alpha value is -1.18. The fourth-order valence-corrected chi connectivity index (χ4v) is 5.03. The first-order valence-electron chi connectivity index (χ1n) is 6.95. The summed E-state index contributed by atoms with van der Waals surface area (Å²) in [5.41, 5.74) is 0.922. The molecule has 0 saturated carbocycles. The highest BCUT2D eigenvalue weighted by atomic mass is 35.5. The number of carbonyl (C=O) groups is 1. The van der Waals surface area contributed by atoms with Gasteiger partial charge in [0.15, 0.2) is 16.4 Å². The summed E-state index contributed by atoms with van der Waals surface area (Å²) in [7, 11) is -1.32. The minimum Gasteiger partial charge on any atom is -0.346 e. The average Bonchev–Trinajstić information content (AvgIpc) is 2.64. The molecule has 122 valence electrons. The van der Waals surface area contributed by atoms with Crippen molar-refractivity contribution in [1.82, 2.24) is 5.32 Å². The summed E-state index contributed by atoms with van der Waals surface area (Å²) < 4.78 is 35.7. The van der Waals surface area contributed by atoms with Gasteiger partial charge in [0.25, 0.3) is 5.91 Å². The van der Waals surface area contributed by atoms with Crippen molar-refractivity contribution in [2.24, 2.45) is 0 Å². The van der Waals surface area contributed by atoms with Crippen LogP contribution in [-0.2, 0) is 21.2 Å². The fraction of sp³-hybridized carbons (Fsp3) is 0.500. The third kappa shape index (κ3) is 4.93. The molecule has 1 aliphatic rings. The number of alkyl halides is 1. The van der Waals surface area contributed by atoms with Crippen LogP contribution in [0.15, 0.2) is 24.3 Å². The molecule has 1 aromatic carbocycles. The van der Waals surface area contributed by atoms with Gasteiger partial charge in [-0.05, 0) is 12.1 Å². The highest BCUT2D eigenvalue weighted by Crippen LogP contribution is 2.17. The van der Waals surface area contributed by atoms with Gasteiger partial charge >= 0.3 is 0 Å². The summed E-state index contributed by atoms with van der Waals surface area (Å²) >= 11 is 5.95. The first-order chi connectivity index (χ1) is 10.2. The maximum absolute atomic E-state index is 12.8. The zero-order chi connectivity index (χ0) is 16.3. The quantitative estimate of drug-likeness (QED) is 0.695. The summed E-state index contributed by atoms with van der Waals surface area (Å²) in [5, 5.41) is 2.10. The first kappa shape index (κ1) is 17.2. The van der Waals surface area contributed by atoms with E-state index in [0.717, 1.165) is 10.5 Å². The van der Waals surface area contributed by atoms with Crippen LogP contribution in [0.5, 0.6) is 0 Å². The van der Waals surface area contributed by atoms with E-state index in [1.54, 1.807) is 12.1 Å². The summed E-state index contributed by atoms with van der Waals surface area (Å²) in [6.45, 7) is 0.762. The molecule has 0 bridgehead atoms. The number of rotatable bonds is 5. The Kier molecular flexibility index (Phi) is 5.41. The van der Waals surface area contributed by atoms with Crippen molar-refractivity contribution in [3.05, 3.63) is 35.6 Å². The molecule has 3 atom stereocenters. The molecule has 1 unspecified atom stereocenters. The van der Waals surface area contributed by atoms with E-state index < -0.39 is 21.3 Å². The van der Waals surface area contributed by atoms with Crippen LogP contribution in [0.4, 0.5) is 4.39 Å². The number of hydrogen-bond acceptors (Lipinski definition) is 3. The van der Waals surface area contributed by atoms with E-state index in [2.05, 4.69) is 5.32 Å². The summed E-state index contributed by atoms with van der Waals surface area (Å²) in [5.74, 6) is -0.746.